The van der Waals surface area contributed by atoms with Gasteiger partial charge in [0.25, 0.3) is 0 Å². The molecule has 0 spiro atoms. The number of hydrogen-bond donors (Lipinski definition) is 0. The van der Waals surface area contributed by atoms with Crippen molar-refractivity contribution in [3.8, 4) is 0 Å². The zero-order valence-corrected chi connectivity index (χ0v) is 10.8. The second-order valence-corrected chi connectivity index (χ2v) is 5.62. The molecule has 15 heavy (non-hydrogen) atoms. The Kier molecular flexibility index (Phi) is 4.45. The van der Waals surface area contributed by atoms with E-state index in [4.69, 9.17) is 27.9 Å². The Morgan fingerprint density at radius 2 is 1.80 bits per heavy atom. The Labute approximate surface area is 101 Å². The Morgan fingerprint density at radius 1 is 1.13 bits per heavy atom. The van der Waals surface area contributed by atoms with Crippen LogP contribution in [0.5, 0.6) is 0 Å². The summed E-state index contributed by atoms with van der Waals surface area (Å²) >= 11 is 11.7. The highest BCUT2D eigenvalue weighted by atomic mass is 35.5. The molecule has 0 unspecified atom stereocenters. The fourth-order valence-corrected chi connectivity index (χ4v) is 1.43. The monoisotopic (exact) mass is 246 g/mol. The normalized spacial score (nSPS) is 11.8. The highest BCUT2D eigenvalue weighted by molar-refractivity contribution is 6.41. The van der Waals surface area contributed by atoms with E-state index in [9.17, 15) is 0 Å². The van der Waals surface area contributed by atoms with Gasteiger partial charge in [-0.15, -0.1) is 0 Å². The SMILES string of the molecule is CC(C)(C)COCc1ccc(Cl)c(Cl)c1. The van der Waals surface area contributed by atoms with E-state index in [1.165, 1.54) is 0 Å². The van der Waals surface area contributed by atoms with Crippen molar-refractivity contribution in [3.05, 3.63) is 33.8 Å². The minimum atomic E-state index is 0.191. The van der Waals surface area contributed by atoms with E-state index in [-0.39, 0.29) is 5.41 Å². The average Bonchev–Trinajstić information content (AvgIpc) is 2.09. The first-order valence-corrected chi connectivity index (χ1v) is 5.66. The molecule has 0 N–H and O–H groups in total. The van der Waals surface area contributed by atoms with E-state index in [1.54, 1.807) is 6.07 Å². The largest absolute Gasteiger partial charge is 0.376 e. The minimum absolute atomic E-state index is 0.191. The van der Waals surface area contributed by atoms with Crippen LogP contribution in [0.1, 0.15) is 26.3 Å². The van der Waals surface area contributed by atoms with Gasteiger partial charge in [0, 0.05) is 0 Å². The quantitative estimate of drug-likeness (QED) is 0.760. The molecule has 0 aromatic heterocycles. The average molecular weight is 247 g/mol. The van der Waals surface area contributed by atoms with Crippen LogP contribution in [0.2, 0.25) is 10.0 Å². The Balaban J connectivity index is 2.48. The van der Waals surface area contributed by atoms with Crippen molar-refractivity contribution in [3.63, 3.8) is 0 Å². The summed E-state index contributed by atoms with van der Waals surface area (Å²) in [6.07, 6.45) is 0. The van der Waals surface area contributed by atoms with Gasteiger partial charge in [-0.2, -0.15) is 0 Å². The predicted molar refractivity (Wildman–Crippen MR) is 65.6 cm³/mol. The van der Waals surface area contributed by atoms with Crippen LogP contribution in [0.15, 0.2) is 18.2 Å². The molecule has 0 heterocycles. The molecular weight excluding hydrogens is 231 g/mol. The fraction of sp³-hybridized carbons (Fsp3) is 0.500. The first-order valence-electron chi connectivity index (χ1n) is 4.90. The molecule has 0 aliphatic carbocycles. The summed E-state index contributed by atoms with van der Waals surface area (Å²) in [6, 6.07) is 5.56. The second kappa shape index (κ2) is 5.20. The summed E-state index contributed by atoms with van der Waals surface area (Å²) < 4.78 is 5.58. The van der Waals surface area contributed by atoms with Crippen molar-refractivity contribution >= 4 is 23.2 Å². The van der Waals surface area contributed by atoms with Gasteiger partial charge in [0.1, 0.15) is 0 Å². The van der Waals surface area contributed by atoms with Crippen LogP contribution >= 0.6 is 23.2 Å². The molecule has 1 aromatic carbocycles. The van der Waals surface area contributed by atoms with Crippen molar-refractivity contribution in [2.45, 2.75) is 27.4 Å². The molecule has 0 saturated heterocycles. The first-order chi connectivity index (χ1) is 6.88. The number of halogens is 2. The Bertz CT molecular complexity index is 329. The van der Waals surface area contributed by atoms with Crippen LogP contribution in [-0.4, -0.2) is 6.61 Å². The maximum atomic E-state index is 5.90. The third-order valence-electron chi connectivity index (χ3n) is 1.79. The van der Waals surface area contributed by atoms with Crippen LogP contribution < -0.4 is 0 Å². The molecule has 0 atom stereocenters. The zero-order valence-electron chi connectivity index (χ0n) is 9.31. The van der Waals surface area contributed by atoms with Gasteiger partial charge in [0.2, 0.25) is 0 Å². The summed E-state index contributed by atoms with van der Waals surface area (Å²) in [4.78, 5) is 0. The van der Waals surface area contributed by atoms with Crippen molar-refractivity contribution in [2.75, 3.05) is 6.61 Å². The van der Waals surface area contributed by atoms with E-state index in [0.29, 0.717) is 16.7 Å². The fourth-order valence-electron chi connectivity index (χ4n) is 1.10. The van der Waals surface area contributed by atoms with Gasteiger partial charge in [-0.05, 0) is 23.1 Å². The molecule has 1 aromatic rings. The van der Waals surface area contributed by atoms with Gasteiger partial charge in [-0.1, -0.05) is 50.0 Å². The standard InChI is InChI=1S/C12H16Cl2O/c1-12(2,3)8-15-7-9-4-5-10(13)11(14)6-9/h4-6H,7-8H2,1-3H3. The molecule has 0 radical (unpaired) electrons. The van der Waals surface area contributed by atoms with Crippen molar-refractivity contribution < 1.29 is 4.74 Å². The summed E-state index contributed by atoms with van der Waals surface area (Å²) in [7, 11) is 0. The predicted octanol–water partition coefficient (Wildman–Crippen LogP) is 4.56. The van der Waals surface area contributed by atoms with Crippen LogP contribution in [0.25, 0.3) is 0 Å². The van der Waals surface area contributed by atoms with Gasteiger partial charge < -0.3 is 4.74 Å². The second-order valence-electron chi connectivity index (χ2n) is 4.80. The van der Waals surface area contributed by atoms with E-state index in [2.05, 4.69) is 20.8 Å². The molecule has 0 saturated carbocycles. The number of benzene rings is 1. The van der Waals surface area contributed by atoms with Crippen LogP contribution in [0, 0.1) is 5.41 Å². The van der Waals surface area contributed by atoms with E-state index < -0.39 is 0 Å². The van der Waals surface area contributed by atoms with Gasteiger partial charge in [-0.25, -0.2) is 0 Å². The first kappa shape index (κ1) is 12.8. The maximum Gasteiger partial charge on any atom is 0.0717 e. The molecule has 1 rings (SSSR count). The smallest absolute Gasteiger partial charge is 0.0717 e. The lowest BCUT2D eigenvalue weighted by molar-refractivity contribution is 0.0599. The molecule has 0 fully saturated rings. The number of hydrogen-bond acceptors (Lipinski definition) is 1. The Hall–Kier alpha value is -0.240. The molecule has 3 heteroatoms. The summed E-state index contributed by atoms with van der Waals surface area (Å²) in [5, 5.41) is 1.16. The lowest BCUT2D eigenvalue weighted by atomic mass is 9.99. The number of rotatable bonds is 3. The highest BCUT2D eigenvalue weighted by Crippen LogP contribution is 2.23. The Morgan fingerprint density at radius 3 is 2.33 bits per heavy atom. The lowest BCUT2D eigenvalue weighted by Gasteiger charge is -2.18. The van der Waals surface area contributed by atoms with Crippen LogP contribution in [0.4, 0.5) is 0 Å². The topological polar surface area (TPSA) is 9.23 Å². The molecule has 0 aliphatic rings. The van der Waals surface area contributed by atoms with Crippen molar-refractivity contribution in [1.82, 2.24) is 0 Å². The molecule has 84 valence electrons. The minimum Gasteiger partial charge on any atom is -0.376 e. The van der Waals surface area contributed by atoms with Gasteiger partial charge in [0.05, 0.1) is 23.3 Å². The highest BCUT2D eigenvalue weighted by Gasteiger charge is 2.10. The zero-order chi connectivity index (χ0) is 11.5. The van der Waals surface area contributed by atoms with Crippen molar-refractivity contribution in [2.24, 2.45) is 5.41 Å². The lowest BCUT2D eigenvalue weighted by Crippen LogP contribution is -2.14. The van der Waals surface area contributed by atoms with E-state index in [1.807, 2.05) is 12.1 Å². The molecule has 0 bridgehead atoms. The molecule has 0 aliphatic heterocycles. The number of ether oxygens (including phenoxy) is 1. The van der Waals surface area contributed by atoms with Crippen LogP contribution in [-0.2, 0) is 11.3 Å². The summed E-state index contributed by atoms with van der Waals surface area (Å²) in [5.41, 5.74) is 1.24. The summed E-state index contributed by atoms with van der Waals surface area (Å²) in [5.74, 6) is 0. The maximum absolute atomic E-state index is 5.90. The third-order valence-corrected chi connectivity index (χ3v) is 2.53. The van der Waals surface area contributed by atoms with Gasteiger partial charge in [-0.3, -0.25) is 0 Å². The molecule has 1 nitrogen and oxygen atoms in total. The van der Waals surface area contributed by atoms with Crippen LogP contribution in [0.3, 0.4) is 0 Å². The van der Waals surface area contributed by atoms with Gasteiger partial charge >= 0.3 is 0 Å². The molecular formula is C12H16Cl2O. The van der Waals surface area contributed by atoms with Crippen molar-refractivity contribution in [1.29, 1.82) is 0 Å². The van der Waals surface area contributed by atoms with Gasteiger partial charge in [0.15, 0.2) is 0 Å². The molecule has 0 amide bonds. The van der Waals surface area contributed by atoms with E-state index >= 15 is 0 Å². The summed E-state index contributed by atoms with van der Waals surface area (Å²) in [6.45, 7) is 7.73. The third kappa shape index (κ3) is 4.87. The van der Waals surface area contributed by atoms with E-state index in [0.717, 1.165) is 12.2 Å².